The van der Waals surface area contributed by atoms with Crippen LogP contribution in [0.1, 0.15) is 31.0 Å². The average Bonchev–Trinajstić information content (AvgIpc) is 2.55. The van der Waals surface area contributed by atoms with Gasteiger partial charge in [0.15, 0.2) is 6.10 Å². The third-order valence-corrected chi connectivity index (χ3v) is 3.41. The number of pyridine rings is 1. The van der Waals surface area contributed by atoms with Crippen molar-refractivity contribution in [3.05, 3.63) is 59.9 Å². The van der Waals surface area contributed by atoms with E-state index in [1.807, 2.05) is 0 Å². The van der Waals surface area contributed by atoms with Gasteiger partial charge in [-0.2, -0.15) is 13.2 Å². The van der Waals surface area contributed by atoms with Gasteiger partial charge in [0.05, 0.1) is 11.6 Å². The standard InChI is InChI=1S/C17H17F3N2O2/c1-11(13-6-5-9-21-10-13)22-16(23)12(2)24-15-8-4-3-7-14(15)17(18,19)20/h3-12H,1-2H3,(H,22,23)/t11-,12+/m1/s1. The number of hydrogen-bond acceptors (Lipinski definition) is 3. The van der Waals surface area contributed by atoms with E-state index in [2.05, 4.69) is 10.3 Å². The Balaban J connectivity index is 2.05. The molecule has 1 N–H and O–H groups in total. The highest BCUT2D eigenvalue weighted by Crippen LogP contribution is 2.36. The Labute approximate surface area is 137 Å². The molecule has 0 aliphatic carbocycles. The molecule has 0 spiro atoms. The number of carbonyl (C=O) groups is 1. The highest BCUT2D eigenvalue weighted by Gasteiger charge is 2.34. The average molecular weight is 338 g/mol. The summed E-state index contributed by atoms with van der Waals surface area (Å²) in [7, 11) is 0. The van der Waals surface area contributed by atoms with Gasteiger partial charge in [-0.15, -0.1) is 0 Å². The van der Waals surface area contributed by atoms with Crippen LogP contribution < -0.4 is 10.1 Å². The van der Waals surface area contributed by atoms with Crippen LogP contribution in [0, 0.1) is 0 Å². The lowest BCUT2D eigenvalue weighted by Crippen LogP contribution is -2.38. The van der Waals surface area contributed by atoms with E-state index in [0.717, 1.165) is 11.6 Å². The Morgan fingerprint density at radius 3 is 2.50 bits per heavy atom. The summed E-state index contributed by atoms with van der Waals surface area (Å²) in [6.45, 7) is 3.16. The molecule has 0 fully saturated rings. The molecular formula is C17H17F3N2O2. The Bertz CT molecular complexity index is 690. The van der Waals surface area contributed by atoms with Crippen LogP contribution in [0.3, 0.4) is 0 Å². The van der Waals surface area contributed by atoms with Crippen molar-refractivity contribution in [3.8, 4) is 5.75 Å². The number of amides is 1. The number of carbonyl (C=O) groups excluding carboxylic acids is 1. The first kappa shape index (κ1) is 17.8. The minimum absolute atomic E-state index is 0.338. The summed E-state index contributed by atoms with van der Waals surface area (Å²) in [4.78, 5) is 16.1. The maximum absolute atomic E-state index is 12.9. The van der Waals surface area contributed by atoms with Gasteiger partial charge < -0.3 is 10.1 Å². The third kappa shape index (κ3) is 4.47. The first-order chi connectivity index (χ1) is 11.3. The fraction of sp³-hybridized carbons (Fsp3) is 0.294. The highest BCUT2D eigenvalue weighted by atomic mass is 19.4. The molecule has 2 atom stereocenters. The summed E-state index contributed by atoms with van der Waals surface area (Å²) in [5.41, 5.74) is -0.126. The molecule has 4 nitrogen and oxygen atoms in total. The molecule has 2 aromatic rings. The van der Waals surface area contributed by atoms with Crippen LogP contribution in [0.25, 0.3) is 0 Å². The zero-order chi connectivity index (χ0) is 17.7. The molecular weight excluding hydrogens is 321 g/mol. The second kappa shape index (κ2) is 7.33. The zero-order valence-electron chi connectivity index (χ0n) is 13.2. The first-order valence-corrected chi connectivity index (χ1v) is 7.32. The monoisotopic (exact) mass is 338 g/mol. The molecule has 1 amide bonds. The molecule has 0 radical (unpaired) electrons. The van der Waals surface area contributed by atoms with E-state index < -0.39 is 23.8 Å². The Hall–Kier alpha value is -2.57. The SMILES string of the molecule is C[C@H](Oc1ccccc1C(F)(F)F)C(=O)N[C@H](C)c1cccnc1. The van der Waals surface area contributed by atoms with Crippen molar-refractivity contribution >= 4 is 5.91 Å². The Morgan fingerprint density at radius 2 is 1.88 bits per heavy atom. The number of rotatable bonds is 5. The summed E-state index contributed by atoms with van der Waals surface area (Å²) < 4.78 is 44.1. The fourth-order valence-corrected chi connectivity index (χ4v) is 2.09. The summed E-state index contributed by atoms with van der Waals surface area (Å²) in [6.07, 6.45) is -2.41. The van der Waals surface area contributed by atoms with Gasteiger partial charge in [0.2, 0.25) is 0 Å². The van der Waals surface area contributed by atoms with Crippen LogP contribution in [0.5, 0.6) is 5.75 Å². The fourth-order valence-electron chi connectivity index (χ4n) is 2.09. The van der Waals surface area contributed by atoms with Crippen LogP contribution in [-0.2, 0) is 11.0 Å². The third-order valence-electron chi connectivity index (χ3n) is 3.41. The second-order valence-corrected chi connectivity index (χ2v) is 5.27. The molecule has 0 saturated heterocycles. The van der Waals surface area contributed by atoms with E-state index in [9.17, 15) is 18.0 Å². The van der Waals surface area contributed by atoms with E-state index in [4.69, 9.17) is 4.74 Å². The molecule has 0 bridgehead atoms. The van der Waals surface area contributed by atoms with Crippen LogP contribution in [0.4, 0.5) is 13.2 Å². The van der Waals surface area contributed by atoms with E-state index >= 15 is 0 Å². The maximum atomic E-state index is 12.9. The lowest BCUT2D eigenvalue weighted by Gasteiger charge is -2.20. The number of para-hydroxylation sites is 1. The lowest BCUT2D eigenvalue weighted by atomic mass is 10.1. The molecule has 1 aromatic heterocycles. The van der Waals surface area contributed by atoms with Crippen LogP contribution in [-0.4, -0.2) is 17.0 Å². The van der Waals surface area contributed by atoms with Crippen molar-refractivity contribution in [3.63, 3.8) is 0 Å². The number of hydrogen-bond donors (Lipinski definition) is 1. The van der Waals surface area contributed by atoms with Crippen LogP contribution >= 0.6 is 0 Å². The molecule has 1 aromatic carbocycles. The number of halogens is 3. The minimum atomic E-state index is -4.55. The molecule has 0 aliphatic rings. The normalized spacial score (nSPS) is 13.9. The maximum Gasteiger partial charge on any atom is 0.419 e. The number of ether oxygens (including phenoxy) is 1. The topological polar surface area (TPSA) is 51.2 Å². The Kier molecular flexibility index (Phi) is 5.43. The predicted molar refractivity (Wildman–Crippen MR) is 82.3 cm³/mol. The molecule has 24 heavy (non-hydrogen) atoms. The van der Waals surface area contributed by atoms with Gasteiger partial charge in [0, 0.05) is 12.4 Å². The van der Waals surface area contributed by atoms with Gasteiger partial charge in [0.1, 0.15) is 5.75 Å². The van der Waals surface area contributed by atoms with Crippen LogP contribution in [0.15, 0.2) is 48.8 Å². The number of alkyl halides is 3. The van der Waals surface area contributed by atoms with Crippen molar-refractivity contribution in [1.29, 1.82) is 0 Å². The van der Waals surface area contributed by atoms with Gasteiger partial charge in [-0.25, -0.2) is 0 Å². The summed E-state index contributed by atoms with van der Waals surface area (Å²) >= 11 is 0. The minimum Gasteiger partial charge on any atom is -0.480 e. The number of nitrogens with zero attached hydrogens (tertiary/aromatic N) is 1. The first-order valence-electron chi connectivity index (χ1n) is 7.32. The second-order valence-electron chi connectivity index (χ2n) is 5.27. The van der Waals surface area contributed by atoms with Crippen molar-refractivity contribution in [2.24, 2.45) is 0 Å². The summed E-state index contributed by atoms with van der Waals surface area (Å²) in [5, 5.41) is 2.69. The summed E-state index contributed by atoms with van der Waals surface area (Å²) in [6, 6.07) is 7.99. The molecule has 2 rings (SSSR count). The van der Waals surface area contributed by atoms with Crippen molar-refractivity contribution in [2.45, 2.75) is 32.2 Å². The molecule has 0 saturated carbocycles. The predicted octanol–water partition coefficient (Wildman–Crippen LogP) is 3.75. The molecule has 0 aliphatic heterocycles. The van der Waals surface area contributed by atoms with E-state index in [1.165, 1.54) is 25.1 Å². The quantitative estimate of drug-likeness (QED) is 0.903. The molecule has 0 unspecified atom stereocenters. The number of benzene rings is 1. The smallest absolute Gasteiger partial charge is 0.419 e. The van der Waals surface area contributed by atoms with Gasteiger partial charge in [-0.05, 0) is 37.6 Å². The van der Waals surface area contributed by atoms with Gasteiger partial charge in [-0.3, -0.25) is 9.78 Å². The molecule has 7 heteroatoms. The van der Waals surface area contributed by atoms with Crippen molar-refractivity contribution < 1.29 is 22.7 Å². The van der Waals surface area contributed by atoms with E-state index in [-0.39, 0.29) is 11.8 Å². The van der Waals surface area contributed by atoms with Gasteiger partial charge in [-0.1, -0.05) is 18.2 Å². The largest absolute Gasteiger partial charge is 0.480 e. The number of nitrogens with one attached hydrogen (secondary N) is 1. The number of aromatic nitrogens is 1. The zero-order valence-corrected chi connectivity index (χ0v) is 13.2. The van der Waals surface area contributed by atoms with E-state index in [1.54, 1.807) is 31.5 Å². The molecule has 128 valence electrons. The van der Waals surface area contributed by atoms with Crippen molar-refractivity contribution in [2.75, 3.05) is 0 Å². The van der Waals surface area contributed by atoms with E-state index in [0.29, 0.717) is 0 Å². The lowest BCUT2D eigenvalue weighted by molar-refractivity contribution is -0.140. The highest BCUT2D eigenvalue weighted by molar-refractivity contribution is 5.81. The summed E-state index contributed by atoms with van der Waals surface area (Å²) in [5.74, 6) is -0.884. The van der Waals surface area contributed by atoms with Gasteiger partial charge in [0.25, 0.3) is 5.91 Å². The van der Waals surface area contributed by atoms with Crippen LogP contribution in [0.2, 0.25) is 0 Å². The molecule has 1 heterocycles. The van der Waals surface area contributed by atoms with Crippen molar-refractivity contribution in [1.82, 2.24) is 10.3 Å². The Morgan fingerprint density at radius 1 is 1.17 bits per heavy atom. The van der Waals surface area contributed by atoms with Gasteiger partial charge >= 0.3 is 6.18 Å².